The van der Waals surface area contributed by atoms with Gasteiger partial charge in [-0.05, 0) is 41.0 Å². The fourth-order valence-electron chi connectivity index (χ4n) is 3.39. The Morgan fingerprint density at radius 2 is 1.80 bits per heavy atom. The molecule has 2 aromatic rings. The van der Waals surface area contributed by atoms with Gasteiger partial charge >= 0.3 is 5.51 Å². The normalized spacial score (nSPS) is 15.0. The van der Waals surface area contributed by atoms with Gasteiger partial charge in [-0.15, -0.1) is 0 Å². The van der Waals surface area contributed by atoms with Crippen LogP contribution in [0.3, 0.4) is 0 Å². The lowest BCUT2D eigenvalue weighted by molar-refractivity contribution is -0.107. The van der Waals surface area contributed by atoms with Crippen LogP contribution in [0.25, 0.3) is 10.8 Å². The summed E-state index contributed by atoms with van der Waals surface area (Å²) in [5, 5.41) is 8.07. The molecule has 1 N–H and O–H groups in total. The van der Waals surface area contributed by atoms with Crippen molar-refractivity contribution in [3.05, 3.63) is 46.8 Å². The summed E-state index contributed by atoms with van der Waals surface area (Å²) < 4.78 is 52.6. The zero-order valence-electron chi connectivity index (χ0n) is 16.5. The topological polar surface area (TPSA) is 60.9 Å². The van der Waals surface area contributed by atoms with Crippen LogP contribution in [0.2, 0.25) is 0 Å². The molecule has 2 aromatic carbocycles. The van der Waals surface area contributed by atoms with E-state index in [0.29, 0.717) is 27.5 Å². The minimum absolute atomic E-state index is 0.0787. The Morgan fingerprint density at radius 1 is 1.17 bits per heavy atom. The number of carbonyl (C=O) groups excluding carboxylic acids is 2. The molecule has 0 aliphatic carbocycles. The van der Waals surface area contributed by atoms with Crippen molar-refractivity contribution in [2.45, 2.75) is 18.9 Å². The van der Waals surface area contributed by atoms with E-state index in [9.17, 15) is 27.2 Å². The molecule has 164 valence electrons. The summed E-state index contributed by atoms with van der Waals surface area (Å²) in [5.74, 6) is -0.854. The Bertz CT molecular complexity index is 913. The van der Waals surface area contributed by atoms with Crippen LogP contribution < -0.4 is 0 Å². The molecule has 10 heteroatoms. The van der Waals surface area contributed by atoms with Gasteiger partial charge in [-0.2, -0.15) is 13.2 Å². The summed E-state index contributed by atoms with van der Waals surface area (Å²) in [6.45, 7) is 2.13. The second kappa shape index (κ2) is 10.2. The zero-order valence-corrected chi connectivity index (χ0v) is 17.3. The van der Waals surface area contributed by atoms with Gasteiger partial charge in [-0.25, -0.2) is 8.70 Å². The smallest absolute Gasteiger partial charge is 0.400 e. The van der Waals surface area contributed by atoms with Gasteiger partial charge in [0.2, 0.25) is 0 Å². The van der Waals surface area contributed by atoms with Crippen molar-refractivity contribution in [1.82, 2.24) is 9.21 Å². The van der Waals surface area contributed by atoms with Gasteiger partial charge in [0, 0.05) is 51.7 Å². The van der Waals surface area contributed by atoms with E-state index in [0.717, 1.165) is 13.4 Å². The molecule has 0 atom stereocenters. The summed E-state index contributed by atoms with van der Waals surface area (Å²) in [7, 11) is 1.00. The second-order valence-corrected chi connectivity index (χ2v) is 7.69. The van der Waals surface area contributed by atoms with Crippen molar-refractivity contribution in [3.8, 4) is 0 Å². The van der Waals surface area contributed by atoms with E-state index in [-0.39, 0.29) is 50.5 Å². The number of piperazine rings is 1. The lowest BCUT2D eigenvalue weighted by Gasteiger charge is -2.34. The molecule has 5 nitrogen and oxygen atoms in total. The van der Waals surface area contributed by atoms with E-state index in [2.05, 4.69) is 0 Å². The molecular formula is C20H22F4N2O3S. The monoisotopic (exact) mass is 446 g/mol. The quantitative estimate of drug-likeness (QED) is 0.442. The molecule has 0 spiro atoms. The molecule has 0 aromatic heterocycles. The van der Waals surface area contributed by atoms with Crippen LogP contribution in [-0.4, -0.2) is 65.3 Å². The number of aliphatic hydroxyl groups is 1. The molecule has 1 saturated heterocycles. The van der Waals surface area contributed by atoms with Crippen LogP contribution in [0.4, 0.5) is 17.6 Å². The average Bonchev–Trinajstić information content (AvgIpc) is 2.69. The molecule has 0 unspecified atom stereocenters. The van der Waals surface area contributed by atoms with Crippen molar-refractivity contribution in [2.75, 3.05) is 33.3 Å². The van der Waals surface area contributed by atoms with Crippen molar-refractivity contribution in [3.63, 3.8) is 0 Å². The summed E-state index contributed by atoms with van der Waals surface area (Å²) in [6.07, 6.45) is 0.856. The van der Waals surface area contributed by atoms with E-state index in [1.165, 1.54) is 21.3 Å². The summed E-state index contributed by atoms with van der Waals surface area (Å²) >= 11 is -0.189. The Hall–Kier alpha value is -2.17. The maximum atomic E-state index is 13.8. The fourth-order valence-corrected chi connectivity index (χ4v) is 4.03. The third kappa shape index (κ3) is 5.71. The molecule has 1 heterocycles. The number of aliphatic hydroxyl groups excluding tert-OH is 1. The summed E-state index contributed by atoms with van der Waals surface area (Å²) in [5.41, 5.74) is -2.81. The first-order valence-electron chi connectivity index (χ1n) is 9.10. The number of hydrogen-bond donors (Lipinski definition) is 1. The maximum absolute atomic E-state index is 13.8. The number of hydrogen-bond acceptors (Lipinski definition) is 5. The number of carbonyl (C=O) groups is 2. The Kier molecular flexibility index (Phi) is 8.22. The van der Waals surface area contributed by atoms with Crippen molar-refractivity contribution < 1.29 is 32.3 Å². The van der Waals surface area contributed by atoms with E-state index in [1.54, 1.807) is 19.1 Å². The van der Waals surface area contributed by atoms with Crippen LogP contribution in [0.15, 0.2) is 24.3 Å². The number of alkyl halides is 3. The van der Waals surface area contributed by atoms with Gasteiger partial charge in [-0.1, -0.05) is 12.1 Å². The van der Waals surface area contributed by atoms with Crippen molar-refractivity contribution in [2.24, 2.45) is 0 Å². The molecule has 1 amide bonds. The predicted molar refractivity (Wildman–Crippen MR) is 108 cm³/mol. The van der Waals surface area contributed by atoms with Gasteiger partial charge in [0.05, 0.1) is 5.56 Å². The molecule has 0 saturated carbocycles. The standard InChI is InChI=1S/C19H18F4N2O2S.CH4O/c1-12-13(4-9-26)10-14-2-3-15(20)11-16(14)17(12)18(27)24-5-7-25(8-6-24)28-19(21,22)23;1-2/h2-3,9-11H,4-8H2,1H3;2H,1H3. The third-order valence-corrected chi connectivity index (χ3v) is 5.58. The lowest BCUT2D eigenvalue weighted by Crippen LogP contribution is -2.47. The summed E-state index contributed by atoms with van der Waals surface area (Å²) in [4.78, 5) is 25.6. The number of rotatable bonds is 4. The molecule has 30 heavy (non-hydrogen) atoms. The molecule has 0 bridgehead atoms. The van der Waals surface area contributed by atoms with E-state index in [1.807, 2.05) is 0 Å². The first kappa shape index (κ1) is 24.1. The van der Waals surface area contributed by atoms with E-state index >= 15 is 0 Å². The zero-order chi connectivity index (χ0) is 22.5. The number of nitrogens with zero attached hydrogens (tertiary/aromatic N) is 2. The van der Waals surface area contributed by atoms with Gasteiger partial charge in [-0.3, -0.25) is 4.79 Å². The molecule has 1 aliphatic heterocycles. The number of amides is 1. The first-order valence-corrected chi connectivity index (χ1v) is 9.87. The number of benzene rings is 2. The SMILES string of the molecule is CO.Cc1c(CC=O)cc2ccc(F)cc2c1C(=O)N1CCN(SC(F)(F)F)CC1. The highest BCUT2D eigenvalue weighted by molar-refractivity contribution is 7.97. The predicted octanol–water partition coefficient (Wildman–Crippen LogP) is 3.56. The van der Waals surface area contributed by atoms with Gasteiger partial charge in [0.1, 0.15) is 12.1 Å². The highest BCUT2D eigenvalue weighted by Gasteiger charge is 2.35. The molecule has 1 fully saturated rings. The fraction of sp³-hybridized carbons (Fsp3) is 0.400. The number of halogens is 4. The molecule has 3 rings (SSSR count). The van der Waals surface area contributed by atoms with Crippen molar-refractivity contribution in [1.29, 1.82) is 0 Å². The molecule has 0 radical (unpaired) electrons. The molecule has 1 aliphatic rings. The van der Waals surface area contributed by atoms with Gasteiger partial charge < -0.3 is 14.8 Å². The van der Waals surface area contributed by atoms with Gasteiger partial charge in [0.15, 0.2) is 0 Å². The average molecular weight is 446 g/mol. The van der Waals surface area contributed by atoms with Gasteiger partial charge in [0.25, 0.3) is 5.91 Å². The van der Waals surface area contributed by atoms with Crippen LogP contribution in [-0.2, 0) is 11.2 Å². The van der Waals surface area contributed by atoms with E-state index in [4.69, 9.17) is 5.11 Å². The Morgan fingerprint density at radius 3 is 2.37 bits per heavy atom. The molecular weight excluding hydrogens is 424 g/mol. The Labute approximate surface area is 175 Å². The van der Waals surface area contributed by atoms with Crippen LogP contribution in [0.1, 0.15) is 21.5 Å². The highest BCUT2D eigenvalue weighted by atomic mass is 32.2. The first-order chi connectivity index (χ1) is 14.2. The second-order valence-electron chi connectivity index (χ2n) is 6.53. The minimum Gasteiger partial charge on any atom is -0.400 e. The van der Waals surface area contributed by atoms with Crippen LogP contribution >= 0.6 is 11.9 Å². The highest BCUT2D eigenvalue weighted by Crippen LogP contribution is 2.34. The number of fused-ring (bicyclic) bond motifs is 1. The minimum atomic E-state index is -4.36. The Balaban J connectivity index is 0.00000155. The van der Waals surface area contributed by atoms with E-state index < -0.39 is 11.3 Å². The van der Waals surface area contributed by atoms with Crippen molar-refractivity contribution >= 4 is 34.9 Å². The summed E-state index contributed by atoms with van der Waals surface area (Å²) in [6, 6.07) is 5.86. The maximum Gasteiger partial charge on any atom is 0.456 e. The lowest BCUT2D eigenvalue weighted by atomic mass is 9.92. The van der Waals surface area contributed by atoms with Crippen LogP contribution in [0.5, 0.6) is 0 Å². The van der Waals surface area contributed by atoms with Crippen LogP contribution in [0, 0.1) is 12.7 Å². The largest absolute Gasteiger partial charge is 0.456 e. The third-order valence-electron chi connectivity index (χ3n) is 4.75. The number of aldehydes is 1.